The molecule has 4 atom stereocenters. The van der Waals surface area contributed by atoms with Crippen LogP contribution in [0.2, 0.25) is 5.02 Å². The van der Waals surface area contributed by atoms with Crippen molar-refractivity contribution in [3.05, 3.63) is 23.6 Å². The molecule has 5 rings (SSSR count). The van der Waals surface area contributed by atoms with Gasteiger partial charge < -0.3 is 29.7 Å². The highest BCUT2D eigenvalue weighted by molar-refractivity contribution is 7.86. The largest absolute Gasteiger partial charge is 0.444 e. The minimum absolute atomic E-state index is 0.106. The second-order valence-electron chi connectivity index (χ2n) is 11.1. The van der Waals surface area contributed by atoms with Crippen LogP contribution in [0.5, 0.6) is 0 Å². The summed E-state index contributed by atoms with van der Waals surface area (Å²) < 4.78 is 47.1. The van der Waals surface area contributed by atoms with E-state index in [2.05, 4.69) is 25.7 Å². The molecule has 3 saturated heterocycles. The number of ether oxygens (including phenoxy) is 3. The van der Waals surface area contributed by atoms with Gasteiger partial charge in [-0.1, -0.05) is 11.6 Å². The Balaban J connectivity index is 1.17. The van der Waals surface area contributed by atoms with Crippen molar-refractivity contribution in [2.75, 3.05) is 43.2 Å². The monoisotopic (exact) mass is 599 g/mol. The van der Waals surface area contributed by atoms with Crippen LogP contribution in [0.1, 0.15) is 39.7 Å². The number of aromatic nitrogens is 4. The fraction of sp³-hybridized carbons (Fsp3) is 0.667. The maximum absolute atomic E-state index is 12.3. The minimum atomic E-state index is -3.64. The summed E-state index contributed by atoms with van der Waals surface area (Å²) in [6, 6.07) is -0.164. The predicted molar refractivity (Wildman–Crippen MR) is 145 cm³/mol. The zero-order chi connectivity index (χ0) is 28.7. The molecule has 0 radical (unpaired) electrons. The van der Waals surface area contributed by atoms with Gasteiger partial charge >= 0.3 is 6.09 Å². The van der Waals surface area contributed by atoms with E-state index in [1.165, 1.54) is 6.20 Å². The zero-order valence-electron chi connectivity index (χ0n) is 22.7. The van der Waals surface area contributed by atoms with E-state index in [1.807, 2.05) is 31.6 Å². The second-order valence-corrected chi connectivity index (χ2v) is 13.1. The fourth-order valence-electron chi connectivity index (χ4n) is 4.97. The van der Waals surface area contributed by atoms with Crippen LogP contribution in [-0.4, -0.2) is 102 Å². The first-order valence-corrected chi connectivity index (χ1v) is 15.2. The first-order chi connectivity index (χ1) is 18.8. The number of amides is 1. The van der Waals surface area contributed by atoms with Crippen molar-refractivity contribution in [2.45, 2.75) is 69.6 Å². The number of nitrogens with one attached hydrogen (secondary N) is 2. The average molecular weight is 600 g/mol. The first-order valence-electron chi connectivity index (χ1n) is 13.0. The summed E-state index contributed by atoms with van der Waals surface area (Å²) in [5, 5.41) is 11.2. The highest BCUT2D eigenvalue weighted by Gasteiger charge is 2.49. The van der Waals surface area contributed by atoms with Gasteiger partial charge in [0.2, 0.25) is 5.95 Å². The SMILES string of the molecule is CC(C)(C)OC(=O)N1CCC(n2cc(Nc3ncc(Cl)c(N[C@@H]4COC5C4OC[C@H]5OS(C)(=O)=O)n3)cn2)CC1. The molecule has 40 heavy (non-hydrogen) atoms. The molecule has 2 aromatic rings. The molecule has 0 saturated carbocycles. The maximum Gasteiger partial charge on any atom is 0.410 e. The number of hydrogen-bond donors (Lipinski definition) is 2. The van der Waals surface area contributed by atoms with Crippen molar-refractivity contribution in [1.29, 1.82) is 0 Å². The lowest BCUT2D eigenvalue weighted by Gasteiger charge is -2.33. The summed E-state index contributed by atoms with van der Waals surface area (Å²) in [5.74, 6) is 0.693. The molecule has 3 aliphatic rings. The molecule has 0 aromatic carbocycles. The van der Waals surface area contributed by atoms with E-state index in [1.54, 1.807) is 11.1 Å². The Bertz CT molecular complexity index is 1330. The van der Waals surface area contributed by atoms with Crippen molar-refractivity contribution in [2.24, 2.45) is 0 Å². The number of piperidine rings is 1. The predicted octanol–water partition coefficient (Wildman–Crippen LogP) is 2.56. The van der Waals surface area contributed by atoms with E-state index in [0.29, 0.717) is 35.6 Å². The third-order valence-electron chi connectivity index (χ3n) is 6.72. The number of nitrogens with zero attached hydrogens (tertiary/aromatic N) is 5. The molecular formula is C24H34ClN7O7S. The molecule has 14 nitrogen and oxygen atoms in total. The van der Waals surface area contributed by atoms with Crippen LogP contribution < -0.4 is 10.6 Å². The highest BCUT2D eigenvalue weighted by Crippen LogP contribution is 2.33. The molecule has 2 aromatic heterocycles. The van der Waals surface area contributed by atoms with Gasteiger partial charge in [0.25, 0.3) is 10.1 Å². The van der Waals surface area contributed by atoms with Gasteiger partial charge in [-0.3, -0.25) is 8.86 Å². The van der Waals surface area contributed by atoms with Gasteiger partial charge in [0.15, 0.2) is 5.82 Å². The van der Waals surface area contributed by atoms with Crippen LogP contribution in [0.3, 0.4) is 0 Å². The maximum atomic E-state index is 12.3. The van der Waals surface area contributed by atoms with E-state index in [9.17, 15) is 13.2 Å². The summed E-state index contributed by atoms with van der Waals surface area (Å²) in [4.78, 5) is 22.8. The van der Waals surface area contributed by atoms with Crippen LogP contribution in [0.4, 0.5) is 22.2 Å². The van der Waals surface area contributed by atoms with Gasteiger partial charge in [-0.25, -0.2) is 9.78 Å². The number of likely N-dealkylation sites (tertiary alicyclic amines) is 1. The summed E-state index contributed by atoms with van der Waals surface area (Å²) in [7, 11) is -3.64. The van der Waals surface area contributed by atoms with Crippen LogP contribution in [-0.2, 0) is 28.5 Å². The second kappa shape index (κ2) is 11.3. The molecule has 2 N–H and O–H groups in total. The fourth-order valence-corrected chi connectivity index (χ4v) is 5.73. The third kappa shape index (κ3) is 6.94. The summed E-state index contributed by atoms with van der Waals surface area (Å²) >= 11 is 6.36. The molecule has 0 aliphatic carbocycles. The van der Waals surface area contributed by atoms with Crippen molar-refractivity contribution in [1.82, 2.24) is 24.6 Å². The Morgan fingerprint density at radius 1 is 1.15 bits per heavy atom. The topological polar surface area (TPSA) is 159 Å². The number of hydrogen-bond acceptors (Lipinski definition) is 12. The Kier molecular flexibility index (Phi) is 8.12. The van der Waals surface area contributed by atoms with Crippen LogP contribution in [0, 0.1) is 0 Å². The molecule has 220 valence electrons. The third-order valence-corrected chi connectivity index (χ3v) is 7.59. The van der Waals surface area contributed by atoms with E-state index in [4.69, 9.17) is 30.0 Å². The smallest absolute Gasteiger partial charge is 0.410 e. The molecule has 0 spiro atoms. The van der Waals surface area contributed by atoms with Crippen LogP contribution in [0.25, 0.3) is 0 Å². The van der Waals surface area contributed by atoms with Gasteiger partial charge in [0.05, 0.1) is 49.6 Å². The van der Waals surface area contributed by atoms with Crippen molar-refractivity contribution in [3.63, 3.8) is 0 Å². The Hall–Kier alpha value is -2.72. The number of anilines is 3. The van der Waals surface area contributed by atoms with Crippen LogP contribution in [0.15, 0.2) is 18.6 Å². The van der Waals surface area contributed by atoms with E-state index in [0.717, 1.165) is 19.1 Å². The minimum Gasteiger partial charge on any atom is -0.444 e. The van der Waals surface area contributed by atoms with Gasteiger partial charge in [-0.2, -0.15) is 18.5 Å². The molecular weight excluding hydrogens is 566 g/mol. The molecule has 1 amide bonds. The van der Waals surface area contributed by atoms with Gasteiger partial charge in [-0.05, 0) is 33.6 Å². The van der Waals surface area contributed by atoms with E-state index >= 15 is 0 Å². The number of carbonyl (C=O) groups is 1. The summed E-state index contributed by atoms with van der Waals surface area (Å²) in [6.07, 6.45) is 5.63. The number of carbonyl (C=O) groups excluding carboxylic acids is 1. The highest BCUT2D eigenvalue weighted by atomic mass is 35.5. The van der Waals surface area contributed by atoms with Crippen LogP contribution >= 0.6 is 11.6 Å². The Labute approximate surface area is 237 Å². The number of fused-ring (bicyclic) bond motifs is 1. The quantitative estimate of drug-likeness (QED) is 0.449. The number of rotatable bonds is 7. The molecule has 16 heteroatoms. The molecule has 3 fully saturated rings. The van der Waals surface area contributed by atoms with Gasteiger partial charge in [-0.15, -0.1) is 0 Å². The number of halogens is 1. The van der Waals surface area contributed by atoms with Gasteiger partial charge in [0.1, 0.15) is 28.9 Å². The molecule has 3 aliphatic heterocycles. The lowest BCUT2D eigenvalue weighted by molar-refractivity contribution is 0.0184. The summed E-state index contributed by atoms with van der Waals surface area (Å²) in [5.41, 5.74) is 0.178. The average Bonchev–Trinajstić information content (AvgIpc) is 3.58. The zero-order valence-corrected chi connectivity index (χ0v) is 24.3. The van der Waals surface area contributed by atoms with E-state index in [-0.39, 0.29) is 31.4 Å². The molecule has 0 bridgehead atoms. The van der Waals surface area contributed by atoms with E-state index < -0.39 is 34.0 Å². The lowest BCUT2D eigenvalue weighted by atomic mass is 10.1. The molecule has 2 unspecified atom stereocenters. The standard InChI is InChI=1S/C24H34ClN7O7S/c1-24(2,3)38-23(33)31-7-5-15(6-8-31)32-11-14(9-27-32)28-22-26-10-16(25)21(30-22)29-17-12-36-20-18(13-37-19(17)20)39-40(4,34)35/h9-11,15,17-20H,5-8,12-13H2,1-4H3,(H2,26,28,29,30)/t17-,18-,19?,20?/m1/s1. The Morgan fingerprint density at radius 3 is 2.58 bits per heavy atom. The van der Waals surface area contributed by atoms with Crippen molar-refractivity contribution < 1.29 is 31.6 Å². The van der Waals surface area contributed by atoms with Gasteiger partial charge in [0, 0.05) is 19.3 Å². The molecule has 5 heterocycles. The Morgan fingerprint density at radius 2 is 1.88 bits per heavy atom. The van der Waals surface area contributed by atoms with Crippen molar-refractivity contribution in [3.8, 4) is 0 Å². The first kappa shape index (κ1) is 28.8. The normalized spacial score (nSPS) is 25.6. The van der Waals surface area contributed by atoms with Crippen molar-refractivity contribution >= 4 is 45.3 Å². The lowest BCUT2D eigenvalue weighted by Crippen LogP contribution is -2.42. The summed E-state index contributed by atoms with van der Waals surface area (Å²) in [6.45, 7) is 7.13.